The van der Waals surface area contributed by atoms with E-state index in [1.54, 1.807) is 14.2 Å². The summed E-state index contributed by atoms with van der Waals surface area (Å²) in [7, 11) is 3.18. The van der Waals surface area contributed by atoms with Gasteiger partial charge in [-0.05, 0) is 0 Å². The molecule has 15 heavy (non-hydrogen) atoms. The maximum Gasteiger partial charge on any atom is 0.264 e. The van der Waals surface area contributed by atoms with Crippen molar-refractivity contribution in [3.05, 3.63) is 0 Å². The van der Waals surface area contributed by atoms with Gasteiger partial charge >= 0.3 is 0 Å². The molecule has 0 aromatic rings. The highest BCUT2D eigenvalue weighted by Crippen LogP contribution is 2.01. The second-order valence-corrected chi connectivity index (χ2v) is 2.99. The molecule has 92 valence electrons. The Morgan fingerprint density at radius 2 is 1.93 bits per heavy atom. The van der Waals surface area contributed by atoms with E-state index in [9.17, 15) is 4.79 Å². The van der Waals surface area contributed by atoms with Gasteiger partial charge in [0, 0.05) is 40.3 Å². The molecule has 1 fully saturated rings. The summed E-state index contributed by atoms with van der Waals surface area (Å²) in [6.45, 7) is 3.53. The molecule has 1 heterocycles. The van der Waals surface area contributed by atoms with Crippen molar-refractivity contribution in [3.8, 4) is 0 Å². The van der Waals surface area contributed by atoms with Crippen LogP contribution in [0.3, 0.4) is 0 Å². The fourth-order valence-electron chi connectivity index (χ4n) is 1.46. The van der Waals surface area contributed by atoms with Crippen molar-refractivity contribution in [3.63, 3.8) is 0 Å². The molecule has 0 radical (unpaired) electrons. The monoisotopic (exact) mass is 259 g/mol. The minimum absolute atomic E-state index is 0. The average molecular weight is 260 g/mol. The summed E-state index contributed by atoms with van der Waals surface area (Å²) < 4.78 is 5.13. The number of hydrogen-bond acceptors (Lipinski definition) is 4. The average Bonchev–Trinajstić information content (AvgIpc) is 2.20. The number of halogens is 2. The predicted molar refractivity (Wildman–Crippen MR) is 63.8 cm³/mol. The van der Waals surface area contributed by atoms with Crippen LogP contribution in [0, 0.1) is 0 Å². The molecule has 0 aromatic heterocycles. The standard InChI is InChI=1S/C8H17N3O2.2ClH/c1-9-7(12)8(13-2)11-5-3-10-4-6-11;;/h8,10H,3-6H2,1-2H3,(H,9,12);2*1H. The number of rotatable bonds is 3. The summed E-state index contributed by atoms with van der Waals surface area (Å²) >= 11 is 0. The van der Waals surface area contributed by atoms with E-state index in [-0.39, 0.29) is 30.7 Å². The first-order chi connectivity index (χ1) is 6.29. The minimum Gasteiger partial charge on any atom is -0.357 e. The predicted octanol–water partition coefficient (Wildman–Crippen LogP) is -0.546. The van der Waals surface area contributed by atoms with E-state index < -0.39 is 6.23 Å². The lowest BCUT2D eigenvalue weighted by Gasteiger charge is -2.32. The molecule has 0 saturated carbocycles. The SMILES string of the molecule is CNC(=O)C(OC)N1CCNCC1.Cl.Cl. The van der Waals surface area contributed by atoms with Crippen LogP contribution in [-0.4, -0.2) is 57.4 Å². The van der Waals surface area contributed by atoms with Gasteiger partial charge in [0.1, 0.15) is 0 Å². The molecule has 1 aliphatic heterocycles. The summed E-state index contributed by atoms with van der Waals surface area (Å²) in [6, 6.07) is 0. The van der Waals surface area contributed by atoms with Crippen LogP contribution >= 0.6 is 24.8 Å². The van der Waals surface area contributed by atoms with Gasteiger partial charge in [-0.3, -0.25) is 9.69 Å². The zero-order valence-electron chi connectivity index (χ0n) is 8.99. The molecule has 0 aliphatic carbocycles. The number of ether oxygens (including phenoxy) is 1. The van der Waals surface area contributed by atoms with Gasteiger partial charge in [-0.25, -0.2) is 0 Å². The number of nitrogens with one attached hydrogen (secondary N) is 2. The lowest BCUT2D eigenvalue weighted by molar-refractivity contribution is -0.143. The van der Waals surface area contributed by atoms with Crippen molar-refractivity contribution in [2.24, 2.45) is 0 Å². The van der Waals surface area contributed by atoms with Crippen LogP contribution in [0.25, 0.3) is 0 Å². The Bertz CT molecular complexity index is 177. The molecule has 5 nitrogen and oxygen atoms in total. The smallest absolute Gasteiger partial charge is 0.264 e. The topological polar surface area (TPSA) is 53.6 Å². The Labute approximate surface area is 103 Å². The Morgan fingerprint density at radius 1 is 1.40 bits per heavy atom. The Balaban J connectivity index is 0. The van der Waals surface area contributed by atoms with Crippen molar-refractivity contribution in [1.29, 1.82) is 0 Å². The van der Waals surface area contributed by atoms with Gasteiger partial charge in [0.25, 0.3) is 5.91 Å². The van der Waals surface area contributed by atoms with Crippen molar-refractivity contribution in [1.82, 2.24) is 15.5 Å². The Morgan fingerprint density at radius 3 is 2.33 bits per heavy atom. The van der Waals surface area contributed by atoms with Crippen LogP contribution in [-0.2, 0) is 9.53 Å². The summed E-state index contributed by atoms with van der Waals surface area (Å²) in [6.07, 6.45) is -0.438. The number of hydrogen-bond donors (Lipinski definition) is 2. The third-order valence-electron chi connectivity index (χ3n) is 2.18. The van der Waals surface area contributed by atoms with E-state index in [0.717, 1.165) is 26.2 Å². The van der Waals surface area contributed by atoms with Crippen LogP contribution in [0.4, 0.5) is 0 Å². The van der Waals surface area contributed by atoms with E-state index in [2.05, 4.69) is 10.6 Å². The third kappa shape index (κ3) is 4.99. The Hall–Kier alpha value is -0.0700. The van der Waals surface area contributed by atoms with E-state index in [1.165, 1.54) is 0 Å². The maximum absolute atomic E-state index is 11.3. The van der Waals surface area contributed by atoms with Crippen molar-refractivity contribution in [2.75, 3.05) is 40.3 Å². The highest BCUT2D eigenvalue weighted by Gasteiger charge is 2.25. The van der Waals surface area contributed by atoms with Gasteiger partial charge in [0.05, 0.1) is 0 Å². The van der Waals surface area contributed by atoms with Crippen molar-refractivity contribution >= 4 is 30.7 Å². The van der Waals surface area contributed by atoms with Crippen LogP contribution < -0.4 is 10.6 Å². The van der Waals surface area contributed by atoms with Crippen LogP contribution in [0.15, 0.2) is 0 Å². The molecular weight excluding hydrogens is 241 g/mol. The number of carbonyl (C=O) groups is 1. The maximum atomic E-state index is 11.3. The molecule has 0 bridgehead atoms. The van der Waals surface area contributed by atoms with Gasteiger partial charge < -0.3 is 15.4 Å². The number of amides is 1. The first kappa shape index (κ1) is 17.3. The number of piperazine rings is 1. The van der Waals surface area contributed by atoms with Crippen LogP contribution in [0.2, 0.25) is 0 Å². The van der Waals surface area contributed by atoms with E-state index in [1.807, 2.05) is 4.90 Å². The number of carbonyl (C=O) groups excluding carboxylic acids is 1. The fourth-order valence-corrected chi connectivity index (χ4v) is 1.46. The number of likely N-dealkylation sites (N-methyl/N-ethyl adjacent to an activating group) is 1. The first-order valence-electron chi connectivity index (χ1n) is 4.48. The van der Waals surface area contributed by atoms with E-state index in [0.29, 0.717) is 0 Å². The summed E-state index contributed by atoms with van der Waals surface area (Å²) in [5, 5.41) is 5.81. The lowest BCUT2D eigenvalue weighted by Crippen LogP contribution is -2.54. The molecule has 1 atom stereocenters. The number of methoxy groups -OCH3 is 1. The van der Waals surface area contributed by atoms with Gasteiger partial charge in [0.2, 0.25) is 0 Å². The first-order valence-corrected chi connectivity index (χ1v) is 4.48. The van der Waals surface area contributed by atoms with Gasteiger partial charge in [-0.1, -0.05) is 0 Å². The van der Waals surface area contributed by atoms with Crippen LogP contribution in [0.1, 0.15) is 0 Å². The summed E-state index contributed by atoms with van der Waals surface area (Å²) in [5.41, 5.74) is 0. The third-order valence-corrected chi connectivity index (χ3v) is 2.18. The molecule has 1 rings (SSSR count). The van der Waals surface area contributed by atoms with Crippen molar-refractivity contribution in [2.45, 2.75) is 6.23 Å². The largest absolute Gasteiger partial charge is 0.357 e. The molecule has 0 aromatic carbocycles. The molecule has 1 amide bonds. The van der Waals surface area contributed by atoms with Crippen molar-refractivity contribution < 1.29 is 9.53 Å². The quantitative estimate of drug-likeness (QED) is 0.715. The van der Waals surface area contributed by atoms with E-state index in [4.69, 9.17) is 4.74 Å². The normalized spacial score (nSPS) is 18.3. The summed E-state index contributed by atoms with van der Waals surface area (Å²) in [4.78, 5) is 13.4. The molecule has 7 heteroatoms. The summed E-state index contributed by atoms with van der Waals surface area (Å²) in [5.74, 6) is -0.0793. The molecule has 1 aliphatic rings. The highest BCUT2D eigenvalue weighted by atomic mass is 35.5. The second kappa shape index (κ2) is 9.18. The second-order valence-electron chi connectivity index (χ2n) is 2.99. The highest BCUT2D eigenvalue weighted by molar-refractivity contribution is 5.85. The zero-order valence-corrected chi connectivity index (χ0v) is 10.6. The van der Waals surface area contributed by atoms with Gasteiger partial charge in [-0.2, -0.15) is 0 Å². The fraction of sp³-hybridized carbons (Fsp3) is 0.875. The molecule has 0 spiro atoms. The molecule has 2 N–H and O–H groups in total. The van der Waals surface area contributed by atoms with Gasteiger partial charge in [-0.15, -0.1) is 24.8 Å². The minimum atomic E-state index is -0.438. The van der Waals surface area contributed by atoms with Gasteiger partial charge in [0.15, 0.2) is 6.23 Å². The zero-order chi connectivity index (χ0) is 9.68. The lowest BCUT2D eigenvalue weighted by atomic mass is 10.3. The van der Waals surface area contributed by atoms with Crippen LogP contribution in [0.5, 0.6) is 0 Å². The number of nitrogens with zero attached hydrogens (tertiary/aromatic N) is 1. The molecular formula is C8H19Cl2N3O2. The Kier molecular flexibility index (Phi) is 10.6. The molecule has 1 saturated heterocycles. The molecule has 1 unspecified atom stereocenters. The van der Waals surface area contributed by atoms with E-state index >= 15 is 0 Å².